The number of hydrogen-bond donors (Lipinski definition) is 1. The number of carbonyl (C=O) groups is 2. The van der Waals surface area contributed by atoms with E-state index in [2.05, 4.69) is 5.32 Å². The fourth-order valence-electron chi connectivity index (χ4n) is 2.13. The lowest BCUT2D eigenvalue weighted by atomic mass is 10.1. The van der Waals surface area contributed by atoms with Gasteiger partial charge < -0.3 is 10.1 Å². The van der Waals surface area contributed by atoms with Gasteiger partial charge in [-0.15, -0.1) is 0 Å². The quantitative estimate of drug-likeness (QED) is 0.782. The molecule has 2 aromatic carbocycles. The molecule has 0 unspecified atom stereocenters. The third-order valence-electron chi connectivity index (χ3n) is 3.53. The summed E-state index contributed by atoms with van der Waals surface area (Å²) in [5.74, 6) is -0.887. The highest BCUT2D eigenvalue weighted by molar-refractivity contribution is 7.89. The van der Waals surface area contributed by atoms with Crippen LogP contribution in [0, 0.1) is 0 Å². The Balaban J connectivity index is 2.16. The molecule has 0 heterocycles. The molecule has 0 fully saturated rings. The first-order chi connectivity index (χ1) is 12.3. The molecule has 0 saturated heterocycles. The molecule has 138 valence electrons. The molecule has 0 spiro atoms. The summed E-state index contributed by atoms with van der Waals surface area (Å²) in [7, 11) is -0.675. The molecule has 0 aliphatic rings. The molecular weight excluding hydrogens is 356 g/mol. The van der Waals surface area contributed by atoms with Crippen molar-refractivity contribution in [3.05, 3.63) is 59.7 Å². The standard InChI is InChI=1S/C18H20N2O5S/c1-4-25-18(22)14-6-5-7-15(12-14)19-17(21)13-8-10-16(11-9-13)26(23,24)20(2)3/h5-12H,4H2,1-3H3,(H,19,21). The van der Waals surface area contributed by atoms with Gasteiger partial charge in [0, 0.05) is 25.3 Å². The van der Waals surface area contributed by atoms with E-state index in [1.807, 2.05) is 0 Å². The van der Waals surface area contributed by atoms with E-state index in [0.29, 0.717) is 16.8 Å². The van der Waals surface area contributed by atoms with Gasteiger partial charge >= 0.3 is 5.97 Å². The molecule has 1 amide bonds. The fourth-order valence-corrected chi connectivity index (χ4v) is 3.03. The Bertz CT molecular complexity index is 905. The van der Waals surface area contributed by atoms with Gasteiger partial charge in [0.15, 0.2) is 0 Å². The fraction of sp³-hybridized carbons (Fsp3) is 0.222. The average Bonchev–Trinajstić information content (AvgIpc) is 2.62. The summed E-state index contributed by atoms with van der Waals surface area (Å²) in [6, 6.07) is 12.0. The first-order valence-corrected chi connectivity index (χ1v) is 9.31. The Labute approximate surface area is 152 Å². The van der Waals surface area contributed by atoms with Crippen molar-refractivity contribution in [1.82, 2.24) is 4.31 Å². The number of esters is 1. The Kier molecular flexibility index (Phi) is 6.12. The number of nitrogens with zero attached hydrogens (tertiary/aromatic N) is 1. The van der Waals surface area contributed by atoms with Crippen LogP contribution in [0.4, 0.5) is 5.69 Å². The van der Waals surface area contributed by atoms with Gasteiger partial charge in [-0.05, 0) is 49.4 Å². The molecule has 2 rings (SSSR count). The topological polar surface area (TPSA) is 92.8 Å². The minimum atomic E-state index is -3.55. The van der Waals surface area contributed by atoms with Crippen LogP contribution in [0.25, 0.3) is 0 Å². The number of amides is 1. The average molecular weight is 376 g/mol. The van der Waals surface area contributed by atoms with Gasteiger partial charge in [0.05, 0.1) is 17.1 Å². The van der Waals surface area contributed by atoms with E-state index in [0.717, 1.165) is 4.31 Å². The second kappa shape index (κ2) is 8.11. The lowest BCUT2D eigenvalue weighted by molar-refractivity contribution is 0.0526. The van der Waals surface area contributed by atoms with Crippen LogP contribution in [0.3, 0.4) is 0 Å². The summed E-state index contributed by atoms with van der Waals surface area (Å²) in [5, 5.41) is 2.67. The molecular formula is C18H20N2O5S. The van der Waals surface area contributed by atoms with Crippen molar-refractivity contribution >= 4 is 27.6 Å². The van der Waals surface area contributed by atoms with Gasteiger partial charge in [0.25, 0.3) is 5.91 Å². The van der Waals surface area contributed by atoms with Crippen molar-refractivity contribution in [2.75, 3.05) is 26.0 Å². The summed E-state index contributed by atoms with van der Waals surface area (Å²) in [5.41, 5.74) is 1.06. The summed E-state index contributed by atoms with van der Waals surface area (Å²) in [4.78, 5) is 24.2. The normalized spacial score (nSPS) is 11.2. The van der Waals surface area contributed by atoms with E-state index in [1.165, 1.54) is 44.4 Å². The zero-order valence-electron chi connectivity index (χ0n) is 14.7. The number of benzene rings is 2. The summed E-state index contributed by atoms with van der Waals surface area (Å²) in [6.07, 6.45) is 0. The molecule has 2 aromatic rings. The zero-order chi connectivity index (χ0) is 19.3. The third-order valence-corrected chi connectivity index (χ3v) is 5.36. The molecule has 1 N–H and O–H groups in total. The molecule has 0 saturated carbocycles. The van der Waals surface area contributed by atoms with E-state index in [4.69, 9.17) is 4.74 Å². The van der Waals surface area contributed by atoms with Crippen molar-refractivity contribution < 1.29 is 22.7 Å². The van der Waals surface area contributed by atoms with Crippen molar-refractivity contribution in [3.63, 3.8) is 0 Å². The van der Waals surface area contributed by atoms with Crippen LogP contribution in [0.5, 0.6) is 0 Å². The zero-order valence-corrected chi connectivity index (χ0v) is 15.5. The lowest BCUT2D eigenvalue weighted by Gasteiger charge is -2.12. The van der Waals surface area contributed by atoms with E-state index in [1.54, 1.807) is 25.1 Å². The summed E-state index contributed by atoms with van der Waals surface area (Å²) >= 11 is 0. The lowest BCUT2D eigenvalue weighted by Crippen LogP contribution is -2.22. The van der Waals surface area contributed by atoms with Crippen molar-refractivity contribution in [1.29, 1.82) is 0 Å². The Morgan fingerprint density at radius 1 is 1.04 bits per heavy atom. The van der Waals surface area contributed by atoms with Gasteiger partial charge in [-0.25, -0.2) is 17.5 Å². The Morgan fingerprint density at radius 3 is 2.27 bits per heavy atom. The molecule has 0 aliphatic carbocycles. The SMILES string of the molecule is CCOC(=O)c1cccc(NC(=O)c2ccc(S(=O)(=O)N(C)C)cc2)c1. The molecule has 26 heavy (non-hydrogen) atoms. The highest BCUT2D eigenvalue weighted by Gasteiger charge is 2.17. The van der Waals surface area contributed by atoms with E-state index >= 15 is 0 Å². The van der Waals surface area contributed by atoms with Crippen LogP contribution >= 0.6 is 0 Å². The van der Waals surface area contributed by atoms with E-state index in [-0.39, 0.29) is 11.5 Å². The van der Waals surface area contributed by atoms with Gasteiger partial charge in [-0.2, -0.15) is 0 Å². The van der Waals surface area contributed by atoms with Gasteiger partial charge in [0.2, 0.25) is 10.0 Å². The molecule has 0 aromatic heterocycles. The molecule has 0 radical (unpaired) electrons. The number of ether oxygens (including phenoxy) is 1. The van der Waals surface area contributed by atoms with Crippen molar-refractivity contribution in [2.24, 2.45) is 0 Å². The predicted molar refractivity (Wildman–Crippen MR) is 97.7 cm³/mol. The van der Waals surface area contributed by atoms with Crippen molar-refractivity contribution in [3.8, 4) is 0 Å². The monoisotopic (exact) mass is 376 g/mol. The largest absolute Gasteiger partial charge is 0.462 e. The molecule has 7 nitrogen and oxygen atoms in total. The first-order valence-electron chi connectivity index (χ1n) is 7.87. The van der Waals surface area contributed by atoms with Crippen LogP contribution < -0.4 is 5.32 Å². The number of anilines is 1. The molecule has 0 aliphatic heterocycles. The third kappa shape index (κ3) is 4.47. The highest BCUT2D eigenvalue weighted by atomic mass is 32.2. The predicted octanol–water partition coefficient (Wildman–Crippen LogP) is 2.37. The maximum absolute atomic E-state index is 12.3. The van der Waals surface area contributed by atoms with Crippen molar-refractivity contribution in [2.45, 2.75) is 11.8 Å². The van der Waals surface area contributed by atoms with E-state index < -0.39 is 21.9 Å². The highest BCUT2D eigenvalue weighted by Crippen LogP contribution is 2.16. The first kappa shape index (κ1) is 19.6. The number of hydrogen-bond acceptors (Lipinski definition) is 5. The number of sulfonamides is 1. The second-order valence-electron chi connectivity index (χ2n) is 5.57. The molecule has 0 atom stereocenters. The maximum atomic E-state index is 12.3. The second-order valence-corrected chi connectivity index (χ2v) is 7.72. The number of carbonyl (C=O) groups excluding carboxylic acids is 2. The smallest absolute Gasteiger partial charge is 0.338 e. The van der Waals surface area contributed by atoms with E-state index in [9.17, 15) is 18.0 Å². The van der Waals surface area contributed by atoms with Crippen LogP contribution in [0.2, 0.25) is 0 Å². The van der Waals surface area contributed by atoms with Crippen LogP contribution in [0.1, 0.15) is 27.6 Å². The number of nitrogens with one attached hydrogen (secondary N) is 1. The van der Waals surface area contributed by atoms with Crippen LogP contribution in [0.15, 0.2) is 53.4 Å². The van der Waals surface area contributed by atoms with Gasteiger partial charge in [-0.1, -0.05) is 6.07 Å². The van der Waals surface area contributed by atoms with Crippen LogP contribution in [-0.2, 0) is 14.8 Å². The maximum Gasteiger partial charge on any atom is 0.338 e. The van der Waals surface area contributed by atoms with Gasteiger partial charge in [-0.3, -0.25) is 4.79 Å². The van der Waals surface area contributed by atoms with Crippen LogP contribution in [-0.4, -0.2) is 45.3 Å². The number of rotatable bonds is 6. The minimum absolute atomic E-state index is 0.100. The minimum Gasteiger partial charge on any atom is -0.462 e. The Morgan fingerprint density at radius 2 is 1.69 bits per heavy atom. The molecule has 0 bridgehead atoms. The Hall–Kier alpha value is -2.71. The molecule has 8 heteroatoms. The summed E-state index contributed by atoms with van der Waals surface area (Å²) < 4.78 is 30.1. The van der Waals surface area contributed by atoms with Gasteiger partial charge in [0.1, 0.15) is 0 Å². The summed E-state index contributed by atoms with van der Waals surface area (Å²) in [6.45, 7) is 1.97.